The Morgan fingerprint density at radius 3 is 2.25 bits per heavy atom. The summed E-state index contributed by atoms with van der Waals surface area (Å²) in [6, 6.07) is -2.03. The number of nitrogens with one attached hydrogen (secondary N) is 2. The van der Waals surface area contributed by atoms with Gasteiger partial charge in [-0.1, -0.05) is 32.1 Å². The quantitative estimate of drug-likeness (QED) is 0.194. The molecule has 0 aliphatic heterocycles. The third-order valence-corrected chi connectivity index (χ3v) is 6.33. The van der Waals surface area contributed by atoms with Crippen molar-refractivity contribution >= 4 is 23.8 Å². The molecule has 0 unspecified atom stereocenters. The normalized spacial score (nSPS) is 15.6. The van der Waals surface area contributed by atoms with Gasteiger partial charge in [0.15, 0.2) is 0 Å². The summed E-state index contributed by atoms with van der Waals surface area (Å²) >= 11 is 0. The second-order valence-electron chi connectivity index (χ2n) is 8.98. The van der Waals surface area contributed by atoms with Gasteiger partial charge in [-0.05, 0) is 25.7 Å². The number of hydroxylamine groups is 2. The third kappa shape index (κ3) is 12.5. The molecule has 1 rings (SSSR count). The number of carbonyl (C=O) groups is 4. The Bertz CT molecular complexity index is 687. The van der Waals surface area contributed by atoms with Crippen LogP contribution in [0.15, 0.2) is 0 Å². The average molecular weight is 517 g/mol. The molecule has 0 radical (unpaired) electrons. The molecular formula is C24H44N4O8. The molecule has 36 heavy (non-hydrogen) atoms. The fourth-order valence-electron chi connectivity index (χ4n) is 4.12. The van der Waals surface area contributed by atoms with Crippen molar-refractivity contribution < 1.29 is 38.6 Å². The number of ether oxygens (including phenoxy) is 2. The van der Waals surface area contributed by atoms with E-state index in [9.17, 15) is 24.3 Å². The first-order valence-electron chi connectivity index (χ1n) is 12.7. The lowest BCUT2D eigenvalue weighted by molar-refractivity contribution is -0.172. The van der Waals surface area contributed by atoms with Gasteiger partial charge in [-0.25, -0.2) is 9.86 Å². The van der Waals surface area contributed by atoms with E-state index < -0.39 is 30.0 Å². The van der Waals surface area contributed by atoms with E-state index in [1.807, 2.05) is 6.92 Å². The van der Waals surface area contributed by atoms with Crippen molar-refractivity contribution in [1.29, 1.82) is 0 Å². The van der Waals surface area contributed by atoms with Gasteiger partial charge in [-0.15, -0.1) is 0 Å². The van der Waals surface area contributed by atoms with Crippen molar-refractivity contribution in [3.8, 4) is 0 Å². The minimum Gasteiger partial charge on any atom is -0.465 e. The van der Waals surface area contributed by atoms with Crippen LogP contribution in [0.25, 0.3) is 0 Å². The SMILES string of the molecule is CCOCCOCCN(C)C(=O)CC[C@H](NC(=O)[C@H](CC1CCCCC1)NC(=O)O)C(=O)N(C)OC. The molecule has 0 saturated heterocycles. The standard InChI is InChI=1S/C24H44N4O8/c1-5-35-15-16-36-14-13-27(2)21(29)12-11-19(23(31)28(3)34-4)25-22(30)20(26-24(32)33)17-18-9-7-6-8-10-18/h18-20,26H,5-17H2,1-4H3,(H,25,30)(H,32,33)/t19-,20-/m0/s1. The Morgan fingerprint density at radius 2 is 1.64 bits per heavy atom. The highest BCUT2D eigenvalue weighted by Crippen LogP contribution is 2.27. The van der Waals surface area contributed by atoms with Gasteiger partial charge in [-0.2, -0.15) is 0 Å². The van der Waals surface area contributed by atoms with Gasteiger partial charge in [0.2, 0.25) is 11.8 Å². The molecule has 1 aliphatic carbocycles. The highest BCUT2D eigenvalue weighted by atomic mass is 16.7. The zero-order chi connectivity index (χ0) is 26.9. The van der Waals surface area contributed by atoms with Gasteiger partial charge in [-0.3, -0.25) is 19.2 Å². The minimum atomic E-state index is -1.30. The van der Waals surface area contributed by atoms with Crippen LogP contribution in [-0.2, 0) is 28.7 Å². The number of nitrogens with zero attached hydrogens (tertiary/aromatic N) is 2. The molecule has 4 amide bonds. The number of amides is 4. The zero-order valence-electron chi connectivity index (χ0n) is 22.1. The first kappa shape index (κ1) is 31.6. The monoisotopic (exact) mass is 516 g/mol. The van der Waals surface area contributed by atoms with E-state index in [0.717, 1.165) is 37.2 Å². The largest absolute Gasteiger partial charge is 0.465 e. The highest BCUT2D eigenvalue weighted by molar-refractivity contribution is 5.91. The van der Waals surface area contributed by atoms with Crippen molar-refractivity contribution in [3.05, 3.63) is 0 Å². The maximum absolute atomic E-state index is 13.0. The number of rotatable bonds is 17. The molecule has 0 bridgehead atoms. The topological polar surface area (TPSA) is 147 Å². The van der Waals surface area contributed by atoms with E-state index in [-0.39, 0.29) is 24.7 Å². The predicted octanol–water partition coefficient (Wildman–Crippen LogP) is 1.39. The summed E-state index contributed by atoms with van der Waals surface area (Å²) in [5, 5.41) is 15.2. The van der Waals surface area contributed by atoms with Crippen molar-refractivity contribution in [2.75, 3.05) is 54.2 Å². The van der Waals surface area contributed by atoms with Crippen LogP contribution in [-0.4, -0.2) is 105 Å². The van der Waals surface area contributed by atoms with Crippen molar-refractivity contribution in [3.63, 3.8) is 0 Å². The van der Waals surface area contributed by atoms with Crippen LogP contribution in [0.2, 0.25) is 0 Å². The molecule has 1 fully saturated rings. The second kappa shape index (κ2) is 17.9. The molecule has 0 spiro atoms. The first-order chi connectivity index (χ1) is 17.2. The fourth-order valence-corrected chi connectivity index (χ4v) is 4.12. The Morgan fingerprint density at radius 1 is 0.972 bits per heavy atom. The van der Waals surface area contributed by atoms with Crippen molar-refractivity contribution in [1.82, 2.24) is 20.6 Å². The van der Waals surface area contributed by atoms with Gasteiger partial charge >= 0.3 is 6.09 Å². The molecule has 12 nitrogen and oxygen atoms in total. The molecular weight excluding hydrogens is 472 g/mol. The summed E-state index contributed by atoms with van der Waals surface area (Å²) in [6.45, 7) is 4.17. The lowest BCUT2D eigenvalue weighted by Crippen LogP contribution is -2.54. The van der Waals surface area contributed by atoms with Gasteiger partial charge in [0, 0.05) is 33.7 Å². The Balaban J connectivity index is 2.71. The van der Waals surface area contributed by atoms with E-state index in [2.05, 4.69) is 10.6 Å². The lowest BCUT2D eigenvalue weighted by Gasteiger charge is -2.28. The van der Waals surface area contributed by atoms with Crippen LogP contribution in [0.1, 0.15) is 58.3 Å². The summed E-state index contributed by atoms with van der Waals surface area (Å²) in [5.74, 6) is -1.09. The van der Waals surface area contributed by atoms with Crippen LogP contribution in [0.5, 0.6) is 0 Å². The summed E-state index contributed by atoms with van der Waals surface area (Å²) in [7, 11) is 4.37. The van der Waals surface area contributed by atoms with Crippen LogP contribution in [0, 0.1) is 5.92 Å². The average Bonchev–Trinajstić information content (AvgIpc) is 2.87. The van der Waals surface area contributed by atoms with E-state index in [1.54, 1.807) is 7.05 Å². The lowest BCUT2D eigenvalue weighted by atomic mass is 9.84. The summed E-state index contributed by atoms with van der Waals surface area (Å²) in [6.07, 6.45) is 4.23. The van der Waals surface area contributed by atoms with Crippen LogP contribution in [0.4, 0.5) is 4.79 Å². The smallest absolute Gasteiger partial charge is 0.405 e. The Labute approximate surface area is 213 Å². The second-order valence-corrected chi connectivity index (χ2v) is 8.98. The summed E-state index contributed by atoms with van der Waals surface area (Å²) in [4.78, 5) is 56.2. The molecule has 0 aromatic heterocycles. The molecule has 0 heterocycles. The number of carbonyl (C=O) groups excluding carboxylic acids is 3. The minimum absolute atomic E-state index is 0.00331. The predicted molar refractivity (Wildman–Crippen MR) is 132 cm³/mol. The van der Waals surface area contributed by atoms with E-state index in [1.165, 1.54) is 19.1 Å². The highest BCUT2D eigenvalue weighted by Gasteiger charge is 2.31. The summed E-state index contributed by atoms with van der Waals surface area (Å²) < 4.78 is 10.6. The zero-order valence-corrected chi connectivity index (χ0v) is 22.1. The number of hydrogen-bond acceptors (Lipinski definition) is 7. The Kier molecular flexibility index (Phi) is 15.7. The van der Waals surface area contributed by atoms with Gasteiger partial charge < -0.3 is 30.1 Å². The van der Waals surface area contributed by atoms with Crippen molar-refractivity contribution in [2.24, 2.45) is 5.92 Å². The van der Waals surface area contributed by atoms with Gasteiger partial charge in [0.1, 0.15) is 12.1 Å². The number of hydrogen-bond donors (Lipinski definition) is 3. The van der Waals surface area contributed by atoms with Gasteiger partial charge in [0.05, 0.1) is 26.9 Å². The van der Waals surface area contributed by atoms with Gasteiger partial charge in [0.25, 0.3) is 5.91 Å². The molecule has 12 heteroatoms. The molecule has 3 N–H and O–H groups in total. The first-order valence-corrected chi connectivity index (χ1v) is 12.7. The van der Waals surface area contributed by atoms with E-state index >= 15 is 0 Å². The molecule has 1 saturated carbocycles. The molecule has 2 atom stereocenters. The van der Waals surface area contributed by atoms with Crippen molar-refractivity contribution in [2.45, 2.75) is 70.4 Å². The maximum atomic E-state index is 13.0. The van der Waals surface area contributed by atoms with Crippen LogP contribution < -0.4 is 10.6 Å². The van der Waals surface area contributed by atoms with Crippen LogP contribution in [0.3, 0.4) is 0 Å². The van der Waals surface area contributed by atoms with E-state index in [0.29, 0.717) is 39.4 Å². The molecule has 0 aromatic carbocycles. The molecule has 208 valence electrons. The maximum Gasteiger partial charge on any atom is 0.405 e. The number of likely N-dealkylation sites (N-methyl/N-ethyl adjacent to an activating group) is 2. The summed E-state index contributed by atoms with van der Waals surface area (Å²) in [5.41, 5.74) is 0. The fraction of sp³-hybridized carbons (Fsp3) is 0.833. The van der Waals surface area contributed by atoms with E-state index in [4.69, 9.17) is 14.3 Å². The molecule has 1 aliphatic rings. The number of carboxylic acid groups (broad SMARTS) is 1. The molecule has 0 aromatic rings. The van der Waals surface area contributed by atoms with Crippen LogP contribution >= 0.6 is 0 Å². The Hall–Kier alpha value is -2.44. The third-order valence-electron chi connectivity index (χ3n) is 6.33.